The predicted octanol–water partition coefficient (Wildman–Crippen LogP) is 2.13. The minimum absolute atomic E-state index is 0.244. The molecule has 1 rings (SSSR count). The van der Waals surface area contributed by atoms with E-state index in [4.69, 9.17) is 18.0 Å². The van der Waals surface area contributed by atoms with E-state index in [0.717, 1.165) is 25.3 Å². The Kier molecular flexibility index (Phi) is 5.51. The van der Waals surface area contributed by atoms with Crippen LogP contribution in [0.15, 0.2) is 18.3 Å². The van der Waals surface area contributed by atoms with Crippen molar-refractivity contribution >= 4 is 17.2 Å². The summed E-state index contributed by atoms with van der Waals surface area (Å²) in [7, 11) is 0. The fourth-order valence-electron chi connectivity index (χ4n) is 1.68. The van der Waals surface area contributed by atoms with E-state index >= 15 is 0 Å². The van der Waals surface area contributed by atoms with E-state index < -0.39 is 0 Å². The molecule has 17 heavy (non-hydrogen) atoms. The maximum Gasteiger partial charge on any atom is 0.0768 e. The van der Waals surface area contributed by atoms with E-state index in [2.05, 4.69) is 36.7 Å². The highest BCUT2D eigenvalue weighted by Gasteiger charge is 2.12. The number of nitrogens with two attached hydrogens (primary N) is 1. The lowest BCUT2D eigenvalue weighted by Crippen LogP contribution is -2.34. The second-order valence-electron chi connectivity index (χ2n) is 4.40. The van der Waals surface area contributed by atoms with Crippen LogP contribution in [0.5, 0.6) is 0 Å². The average molecular weight is 251 g/mol. The Balaban J connectivity index is 2.64. The summed E-state index contributed by atoms with van der Waals surface area (Å²) in [4.78, 5) is 7.32. The Morgan fingerprint density at radius 2 is 2.29 bits per heavy atom. The van der Waals surface area contributed by atoms with Crippen LogP contribution in [0, 0.1) is 12.8 Å². The highest BCUT2D eigenvalue weighted by molar-refractivity contribution is 7.80. The van der Waals surface area contributed by atoms with E-state index in [1.54, 1.807) is 0 Å². The van der Waals surface area contributed by atoms with E-state index in [9.17, 15) is 0 Å². The van der Waals surface area contributed by atoms with Crippen molar-refractivity contribution in [3.63, 3.8) is 0 Å². The molecular formula is C13H21N3S. The van der Waals surface area contributed by atoms with Crippen molar-refractivity contribution in [3.8, 4) is 0 Å². The van der Waals surface area contributed by atoms with Gasteiger partial charge in [0.25, 0.3) is 0 Å². The van der Waals surface area contributed by atoms with Crippen molar-refractivity contribution in [2.45, 2.75) is 27.3 Å². The molecule has 0 aliphatic heterocycles. The Bertz CT molecular complexity index is 379. The lowest BCUT2D eigenvalue weighted by Gasteiger charge is -2.23. The van der Waals surface area contributed by atoms with Crippen LogP contribution in [-0.2, 0) is 6.54 Å². The molecule has 1 heterocycles. The van der Waals surface area contributed by atoms with Gasteiger partial charge >= 0.3 is 0 Å². The van der Waals surface area contributed by atoms with Crippen molar-refractivity contribution in [2.24, 2.45) is 11.7 Å². The molecule has 2 N–H and O–H groups in total. The predicted molar refractivity (Wildman–Crippen MR) is 75.9 cm³/mol. The molecule has 0 aliphatic carbocycles. The Morgan fingerprint density at radius 1 is 1.59 bits per heavy atom. The zero-order valence-electron chi connectivity index (χ0n) is 10.8. The molecule has 1 unspecified atom stereocenters. The number of nitrogens with zero attached hydrogens (tertiary/aromatic N) is 2. The molecule has 0 radical (unpaired) electrons. The average Bonchev–Trinajstić information content (AvgIpc) is 2.30. The Hall–Kier alpha value is -1.00. The summed E-state index contributed by atoms with van der Waals surface area (Å²) in [6.45, 7) is 9.02. The zero-order chi connectivity index (χ0) is 12.8. The lowest BCUT2D eigenvalue weighted by atomic mass is 10.1. The van der Waals surface area contributed by atoms with Gasteiger partial charge in [0, 0.05) is 25.2 Å². The first-order valence-corrected chi connectivity index (χ1v) is 6.37. The molecule has 4 heteroatoms. The number of pyridine rings is 1. The number of hydrogen-bond acceptors (Lipinski definition) is 3. The van der Waals surface area contributed by atoms with Gasteiger partial charge in [-0.05, 0) is 25.1 Å². The molecule has 1 atom stereocenters. The van der Waals surface area contributed by atoms with Gasteiger partial charge in [0.1, 0.15) is 0 Å². The minimum Gasteiger partial charge on any atom is -0.393 e. The normalized spacial score (nSPS) is 12.7. The first-order chi connectivity index (χ1) is 8.04. The number of thiocarbonyl (C=S) groups is 1. The fourth-order valence-corrected chi connectivity index (χ4v) is 1.75. The van der Waals surface area contributed by atoms with E-state index in [1.165, 1.54) is 5.56 Å². The summed E-state index contributed by atoms with van der Waals surface area (Å²) in [5, 5.41) is 0. The van der Waals surface area contributed by atoms with Crippen LogP contribution in [0.1, 0.15) is 25.1 Å². The van der Waals surface area contributed by atoms with Crippen LogP contribution >= 0.6 is 12.2 Å². The largest absolute Gasteiger partial charge is 0.393 e. The van der Waals surface area contributed by atoms with Gasteiger partial charge in [-0.25, -0.2) is 0 Å². The lowest BCUT2D eigenvalue weighted by molar-refractivity contribution is 0.260. The molecule has 0 bridgehead atoms. The topological polar surface area (TPSA) is 42.2 Å². The number of rotatable bonds is 6. The van der Waals surface area contributed by atoms with E-state index in [-0.39, 0.29) is 5.92 Å². The van der Waals surface area contributed by atoms with Crippen molar-refractivity contribution in [1.29, 1.82) is 0 Å². The Labute approximate surface area is 109 Å². The fraction of sp³-hybridized carbons (Fsp3) is 0.538. The number of hydrogen-bond donors (Lipinski definition) is 1. The van der Waals surface area contributed by atoms with Crippen LogP contribution in [0.25, 0.3) is 0 Å². The minimum atomic E-state index is 0.244. The smallest absolute Gasteiger partial charge is 0.0768 e. The summed E-state index contributed by atoms with van der Waals surface area (Å²) in [5.74, 6) is 0.244. The maximum absolute atomic E-state index is 5.65. The quantitative estimate of drug-likeness (QED) is 0.787. The van der Waals surface area contributed by atoms with Gasteiger partial charge in [-0.15, -0.1) is 0 Å². The van der Waals surface area contributed by atoms with Crippen molar-refractivity contribution in [2.75, 3.05) is 13.1 Å². The van der Waals surface area contributed by atoms with Gasteiger partial charge < -0.3 is 5.73 Å². The third-order valence-electron chi connectivity index (χ3n) is 2.96. The van der Waals surface area contributed by atoms with Crippen molar-refractivity contribution in [1.82, 2.24) is 9.88 Å². The molecule has 0 spiro atoms. The third-order valence-corrected chi connectivity index (χ3v) is 3.36. The Morgan fingerprint density at radius 3 is 2.82 bits per heavy atom. The molecule has 0 fully saturated rings. The monoisotopic (exact) mass is 251 g/mol. The molecular weight excluding hydrogens is 230 g/mol. The van der Waals surface area contributed by atoms with Crippen molar-refractivity contribution in [3.05, 3.63) is 29.6 Å². The first kappa shape index (κ1) is 14.1. The molecule has 1 aromatic rings. The summed E-state index contributed by atoms with van der Waals surface area (Å²) >= 11 is 5.01. The van der Waals surface area contributed by atoms with Crippen LogP contribution in [0.2, 0.25) is 0 Å². The zero-order valence-corrected chi connectivity index (χ0v) is 11.6. The standard InChI is InChI=1S/C13H21N3S/c1-4-16(8-11(3)13(14)17)9-12-10(2)6-5-7-15-12/h5-7,11H,4,8-9H2,1-3H3,(H2,14,17). The molecule has 3 nitrogen and oxygen atoms in total. The van der Waals surface area contributed by atoms with Gasteiger partial charge in [-0.3, -0.25) is 9.88 Å². The highest BCUT2D eigenvalue weighted by Crippen LogP contribution is 2.09. The SMILES string of the molecule is CCN(Cc1ncccc1C)CC(C)C(N)=S. The molecule has 0 amide bonds. The van der Waals surface area contributed by atoms with Crippen LogP contribution in [-0.4, -0.2) is 28.0 Å². The van der Waals surface area contributed by atoms with Crippen LogP contribution < -0.4 is 5.73 Å². The summed E-state index contributed by atoms with van der Waals surface area (Å²) in [5.41, 5.74) is 8.01. The van der Waals surface area contributed by atoms with Gasteiger partial charge in [-0.2, -0.15) is 0 Å². The summed E-state index contributed by atoms with van der Waals surface area (Å²) in [6.07, 6.45) is 1.84. The van der Waals surface area contributed by atoms with Gasteiger partial charge in [-0.1, -0.05) is 32.1 Å². The second kappa shape index (κ2) is 6.67. The molecule has 1 aromatic heterocycles. The van der Waals surface area contributed by atoms with Crippen LogP contribution in [0.4, 0.5) is 0 Å². The van der Waals surface area contributed by atoms with Gasteiger partial charge in [0.2, 0.25) is 0 Å². The van der Waals surface area contributed by atoms with E-state index in [1.807, 2.05) is 12.3 Å². The molecule has 0 aromatic carbocycles. The first-order valence-electron chi connectivity index (χ1n) is 5.96. The van der Waals surface area contributed by atoms with Gasteiger partial charge in [0.05, 0.1) is 10.7 Å². The van der Waals surface area contributed by atoms with Crippen LogP contribution in [0.3, 0.4) is 0 Å². The molecule has 0 aliphatic rings. The summed E-state index contributed by atoms with van der Waals surface area (Å²) in [6, 6.07) is 4.06. The van der Waals surface area contributed by atoms with E-state index in [0.29, 0.717) is 4.99 Å². The third kappa shape index (κ3) is 4.40. The number of aromatic nitrogens is 1. The number of aryl methyl sites for hydroxylation is 1. The maximum atomic E-state index is 5.65. The van der Waals surface area contributed by atoms with Crippen molar-refractivity contribution < 1.29 is 0 Å². The molecule has 94 valence electrons. The molecule has 0 saturated carbocycles. The second-order valence-corrected chi connectivity index (χ2v) is 4.87. The summed E-state index contributed by atoms with van der Waals surface area (Å²) < 4.78 is 0. The molecule has 0 saturated heterocycles. The van der Waals surface area contributed by atoms with Gasteiger partial charge in [0.15, 0.2) is 0 Å². The highest BCUT2D eigenvalue weighted by atomic mass is 32.1.